The zero-order valence-corrected chi connectivity index (χ0v) is 21.2. The van der Waals surface area contributed by atoms with Crippen LogP contribution < -0.4 is 5.32 Å². The van der Waals surface area contributed by atoms with Gasteiger partial charge in [-0.15, -0.1) is 0 Å². The van der Waals surface area contributed by atoms with Crippen molar-refractivity contribution in [2.45, 2.75) is 24.8 Å². The summed E-state index contributed by atoms with van der Waals surface area (Å²) >= 11 is 2.20. The Morgan fingerprint density at radius 3 is 2.37 bits per heavy atom. The molecule has 1 aliphatic rings. The zero-order chi connectivity index (χ0) is 24.4. The molecule has 1 amide bonds. The molecule has 0 saturated heterocycles. The predicted octanol–water partition coefficient (Wildman–Crippen LogP) is 5.45. The van der Waals surface area contributed by atoms with Gasteiger partial charge in [0.15, 0.2) is 11.5 Å². The lowest BCUT2D eigenvalue weighted by atomic mass is 9.98. The fourth-order valence-corrected chi connectivity index (χ4v) is 5.10. The summed E-state index contributed by atoms with van der Waals surface area (Å²) < 4.78 is 17.2. The fraction of sp³-hybridized carbons (Fsp3) is 0.222. The highest BCUT2D eigenvalue weighted by atomic mass is 127. The summed E-state index contributed by atoms with van der Waals surface area (Å²) in [5.41, 5.74) is 6.01. The molecule has 35 heavy (non-hydrogen) atoms. The lowest BCUT2D eigenvalue weighted by molar-refractivity contribution is -0.143. The molecule has 0 bridgehead atoms. The van der Waals surface area contributed by atoms with E-state index in [0.717, 1.165) is 31.3 Å². The third kappa shape index (κ3) is 4.75. The largest absolute Gasteiger partial charge is 0.467 e. The smallest absolute Gasteiger partial charge is 0.407 e. The highest BCUT2D eigenvalue weighted by Gasteiger charge is 2.30. The van der Waals surface area contributed by atoms with Gasteiger partial charge in [0.2, 0.25) is 0 Å². The van der Waals surface area contributed by atoms with Crippen molar-refractivity contribution in [3.63, 3.8) is 0 Å². The van der Waals surface area contributed by atoms with E-state index < -0.39 is 18.1 Å². The number of carbonyl (C=O) groups is 2. The average Bonchev–Trinajstić information content (AvgIpc) is 3.44. The van der Waals surface area contributed by atoms with E-state index in [1.165, 1.54) is 7.11 Å². The summed E-state index contributed by atoms with van der Waals surface area (Å²) in [4.78, 5) is 29.5. The molecule has 1 N–H and O–H groups in total. The minimum absolute atomic E-state index is 0.0630. The van der Waals surface area contributed by atoms with Crippen molar-refractivity contribution in [3.05, 3.63) is 87.3 Å². The monoisotopic (exact) mass is 582 g/mol. The highest BCUT2D eigenvalue weighted by molar-refractivity contribution is 14.1. The maximum Gasteiger partial charge on any atom is 0.407 e. The van der Waals surface area contributed by atoms with Gasteiger partial charge in [-0.3, -0.25) is 0 Å². The number of fused-ring (bicyclic) bond motifs is 4. The van der Waals surface area contributed by atoms with Gasteiger partial charge in [0.05, 0.1) is 7.11 Å². The molecular weight excluding hydrogens is 559 g/mol. The molecule has 0 saturated carbocycles. The fourth-order valence-electron chi connectivity index (χ4n) is 4.51. The van der Waals surface area contributed by atoms with Crippen LogP contribution in [0.1, 0.15) is 29.4 Å². The van der Waals surface area contributed by atoms with E-state index in [1.807, 2.05) is 42.5 Å². The molecule has 1 aromatic heterocycles. The number of aromatic nitrogens is 1. The molecule has 178 valence electrons. The number of esters is 1. The summed E-state index contributed by atoms with van der Waals surface area (Å²) in [6.45, 7) is 0.164. The second kappa shape index (κ2) is 10.1. The summed E-state index contributed by atoms with van der Waals surface area (Å²) in [5.74, 6) is -0.122. The second-order valence-electron chi connectivity index (χ2n) is 8.28. The molecule has 4 aromatic rings. The van der Waals surface area contributed by atoms with Gasteiger partial charge in [-0.25, -0.2) is 14.6 Å². The van der Waals surface area contributed by atoms with Crippen molar-refractivity contribution in [1.82, 2.24) is 10.3 Å². The molecule has 1 heterocycles. The van der Waals surface area contributed by atoms with Crippen LogP contribution in [0.25, 0.3) is 22.2 Å². The van der Waals surface area contributed by atoms with E-state index in [0.29, 0.717) is 17.9 Å². The van der Waals surface area contributed by atoms with Gasteiger partial charge in [0, 0.05) is 15.9 Å². The molecule has 0 aliphatic heterocycles. The summed E-state index contributed by atoms with van der Waals surface area (Å²) in [6.07, 6.45) is -0.0524. The first-order valence-electron chi connectivity index (χ1n) is 11.3. The van der Waals surface area contributed by atoms with Crippen LogP contribution in [0.5, 0.6) is 0 Å². The molecular formula is C27H23IN2O5. The highest BCUT2D eigenvalue weighted by Crippen LogP contribution is 2.44. The number of ether oxygens (including phenoxy) is 2. The van der Waals surface area contributed by atoms with Crippen LogP contribution >= 0.6 is 22.6 Å². The molecule has 7 nitrogen and oxygen atoms in total. The second-order valence-corrected chi connectivity index (χ2v) is 9.44. The minimum Gasteiger partial charge on any atom is -0.467 e. The molecule has 8 heteroatoms. The number of carbonyl (C=O) groups excluding carboxylic acids is 2. The Morgan fingerprint density at radius 2 is 1.71 bits per heavy atom. The first kappa shape index (κ1) is 23.3. The number of nitrogens with zero attached hydrogens (tertiary/aromatic N) is 1. The number of benzene rings is 3. The van der Waals surface area contributed by atoms with Crippen LogP contribution in [0.15, 0.2) is 71.1 Å². The van der Waals surface area contributed by atoms with Gasteiger partial charge in [-0.1, -0.05) is 54.6 Å². The number of alkyl carbamates (subject to hydrolysis) is 1. The molecule has 0 unspecified atom stereocenters. The first-order chi connectivity index (χ1) is 17.0. The van der Waals surface area contributed by atoms with Crippen molar-refractivity contribution in [3.8, 4) is 11.1 Å². The van der Waals surface area contributed by atoms with Crippen molar-refractivity contribution in [1.29, 1.82) is 0 Å². The Bertz CT molecular complexity index is 1350. The summed E-state index contributed by atoms with van der Waals surface area (Å²) in [7, 11) is 1.29. The lowest BCUT2D eigenvalue weighted by Gasteiger charge is -2.18. The number of nitrogens with one attached hydrogen (secondary N) is 1. The van der Waals surface area contributed by atoms with Gasteiger partial charge < -0.3 is 19.2 Å². The van der Waals surface area contributed by atoms with Gasteiger partial charge in [-0.05, 0) is 63.4 Å². The summed E-state index contributed by atoms with van der Waals surface area (Å²) in [5, 5.41) is 2.65. The number of hydrogen-bond acceptors (Lipinski definition) is 6. The maximum atomic E-state index is 12.7. The third-order valence-electron chi connectivity index (χ3n) is 6.18. The van der Waals surface area contributed by atoms with E-state index in [4.69, 9.17) is 13.9 Å². The molecule has 0 spiro atoms. The maximum absolute atomic E-state index is 12.7. The molecule has 5 rings (SSSR count). The first-order valence-corrected chi connectivity index (χ1v) is 12.4. The number of rotatable bonds is 7. The number of hydrogen-bond donors (Lipinski definition) is 1. The Hall–Kier alpha value is -3.40. The SMILES string of the molecule is COC(=O)[C@H](CCc1nc2c(I)cccc2o1)NC(=O)OCC1c2ccccc2-c2ccccc21. The van der Waals surface area contributed by atoms with Crippen LogP contribution in [-0.2, 0) is 20.7 Å². The standard InChI is InChI=1S/C27H23IN2O5/c1-33-26(31)22(13-14-24-30-25-21(28)11-6-12-23(25)35-24)29-27(32)34-15-20-18-9-4-2-7-16(18)17-8-3-5-10-19(17)20/h2-12,20,22H,13-15H2,1H3,(H,29,32)/t22-/m0/s1. The number of aryl methyl sites for hydroxylation is 1. The van der Waals surface area contributed by atoms with Crippen molar-refractivity contribution in [2.24, 2.45) is 0 Å². The van der Waals surface area contributed by atoms with Crippen LogP contribution in [-0.4, -0.2) is 36.8 Å². The van der Waals surface area contributed by atoms with Gasteiger partial charge in [-0.2, -0.15) is 0 Å². The topological polar surface area (TPSA) is 90.7 Å². The molecule has 1 atom stereocenters. The van der Waals surface area contributed by atoms with E-state index in [9.17, 15) is 9.59 Å². The predicted molar refractivity (Wildman–Crippen MR) is 139 cm³/mol. The zero-order valence-electron chi connectivity index (χ0n) is 19.0. The number of methoxy groups -OCH3 is 1. The third-order valence-corrected chi connectivity index (χ3v) is 7.05. The van der Waals surface area contributed by atoms with Gasteiger partial charge in [0.25, 0.3) is 0 Å². The van der Waals surface area contributed by atoms with E-state index >= 15 is 0 Å². The molecule has 0 fully saturated rings. The van der Waals surface area contributed by atoms with Crippen molar-refractivity contribution >= 4 is 45.8 Å². The van der Waals surface area contributed by atoms with Crippen molar-refractivity contribution < 1.29 is 23.5 Å². The van der Waals surface area contributed by atoms with Gasteiger partial charge in [0.1, 0.15) is 18.2 Å². The Kier molecular flexibility index (Phi) is 6.72. The lowest BCUT2D eigenvalue weighted by Crippen LogP contribution is -2.42. The van der Waals surface area contributed by atoms with Crippen LogP contribution in [0.3, 0.4) is 0 Å². The number of amides is 1. The quantitative estimate of drug-likeness (QED) is 0.231. The van der Waals surface area contributed by atoms with Gasteiger partial charge >= 0.3 is 12.1 Å². The van der Waals surface area contributed by atoms with Crippen LogP contribution in [0.2, 0.25) is 0 Å². The van der Waals surface area contributed by atoms with Crippen LogP contribution in [0, 0.1) is 3.57 Å². The van der Waals surface area contributed by atoms with Crippen LogP contribution in [0.4, 0.5) is 4.79 Å². The summed E-state index contributed by atoms with van der Waals surface area (Å²) in [6, 6.07) is 21.1. The van der Waals surface area contributed by atoms with E-state index in [2.05, 4.69) is 57.2 Å². The Balaban J connectivity index is 1.24. The number of halogens is 1. The average molecular weight is 582 g/mol. The molecule has 1 aliphatic carbocycles. The normalized spacial score (nSPS) is 13.2. The Morgan fingerprint density at radius 1 is 1.03 bits per heavy atom. The minimum atomic E-state index is -0.885. The molecule has 3 aromatic carbocycles. The van der Waals surface area contributed by atoms with E-state index in [-0.39, 0.29) is 18.9 Å². The van der Waals surface area contributed by atoms with E-state index in [1.54, 1.807) is 0 Å². The Labute approximate surface area is 216 Å². The number of oxazole rings is 1. The number of para-hydroxylation sites is 1. The molecule has 0 radical (unpaired) electrons. The van der Waals surface area contributed by atoms with Crippen molar-refractivity contribution in [2.75, 3.05) is 13.7 Å².